The van der Waals surface area contributed by atoms with E-state index in [0.717, 1.165) is 15.1 Å². The molecule has 4 aromatic rings. The number of aryl methyl sites for hydroxylation is 1. The molecule has 0 radical (unpaired) electrons. The highest BCUT2D eigenvalue weighted by molar-refractivity contribution is 7.89. The highest BCUT2D eigenvalue weighted by Crippen LogP contribution is 2.22. The van der Waals surface area contributed by atoms with Gasteiger partial charge in [0.05, 0.1) is 11.4 Å². The normalized spacial score (nSPS) is 12.0. The summed E-state index contributed by atoms with van der Waals surface area (Å²) in [6, 6.07) is 17.5. The van der Waals surface area contributed by atoms with E-state index in [0.29, 0.717) is 22.7 Å². The number of sulfonamides is 1. The van der Waals surface area contributed by atoms with Gasteiger partial charge in [0, 0.05) is 19.7 Å². The molecule has 0 aliphatic heterocycles. The van der Waals surface area contributed by atoms with Crippen LogP contribution in [0.5, 0.6) is 0 Å². The van der Waals surface area contributed by atoms with E-state index < -0.39 is 15.9 Å². The fourth-order valence-electron chi connectivity index (χ4n) is 3.12. The Kier molecular flexibility index (Phi) is 4.81. The Morgan fingerprint density at radius 3 is 2.62 bits per heavy atom. The molecular formula is C21H19N3O4S. The number of aromatic nitrogens is 1. The molecule has 148 valence electrons. The van der Waals surface area contributed by atoms with Gasteiger partial charge in [-0.3, -0.25) is 4.79 Å². The number of likely N-dealkylation sites (N-methyl/N-ethyl adjacent to an activating group) is 1. The topological polar surface area (TPSA) is 92.5 Å². The molecular weight excluding hydrogens is 390 g/mol. The van der Waals surface area contributed by atoms with Crippen molar-refractivity contribution in [3.8, 4) is 0 Å². The van der Waals surface area contributed by atoms with Crippen LogP contribution in [0.15, 0.2) is 70.0 Å². The maximum Gasteiger partial charge on any atom is 0.243 e. The van der Waals surface area contributed by atoms with Crippen molar-refractivity contribution in [2.75, 3.05) is 18.9 Å². The summed E-state index contributed by atoms with van der Waals surface area (Å²) < 4.78 is 32.2. The quantitative estimate of drug-likeness (QED) is 0.544. The Bertz CT molecular complexity index is 1330. The zero-order chi connectivity index (χ0) is 20.6. The van der Waals surface area contributed by atoms with E-state index in [1.165, 1.54) is 7.05 Å². The van der Waals surface area contributed by atoms with Crippen LogP contribution in [0.3, 0.4) is 0 Å². The number of hydrogen-bond donors (Lipinski definition) is 1. The SMILES string of the molecule is Cc1nc2cc(NC(=O)CN(C)S(=O)(=O)c3ccc4ccccc4c3)ccc2o1. The second-order valence-electron chi connectivity index (χ2n) is 6.73. The van der Waals surface area contributed by atoms with Gasteiger partial charge in [0.15, 0.2) is 11.5 Å². The molecule has 8 heteroatoms. The monoisotopic (exact) mass is 409 g/mol. The molecule has 29 heavy (non-hydrogen) atoms. The molecule has 7 nitrogen and oxygen atoms in total. The molecule has 1 heterocycles. The van der Waals surface area contributed by atoms with Crippen molar-refractivity contribution in [2.45, 2.75) is 11.8 Å². The van der Waals surface area contributed by atoms with Crippen LogP contribution in [0.2, 0.25) is 0 Å². The number of fused-ring (bicyclic) bond motifs is 2. The van der Waals surface area contributed by atoms with Crippen molar-refractivity contribution in [1.29, 1.82) is 0 Å². The third-order valence-corrected chi connectivity index (χ3v) is 6.37. The molecule has 1 aromatic heterocycles. The summed E-state index contributed by atoms with van der Waals surface area (Å²) in [4.78, 5) is 16.8. The van der Waals surface area contributed by atoms with Gasteiger partial charge in [0.25, 0.3) is 0 Å². The van der Waals surface area contributed by atoms with Gasteiger partial charge in [-0.2, -0.15) is 4.31 Å². The number of nitrogens with zero attached hydrogens (tertiary/aromatic N) is 2. The van der Waals surface area contributed by atoms with E-state index >= 15 is 0 Å². The van der Waals surface area contributed by atoms with Gasteiger partial charge < -0.3 is 9.73 Å². The highest BCUT2D eigenvalue weighted by atomic mass is 32.2. The highest BCUT2D eigenvalue weighted by Gasteiger charge is 2.23. The summed E-state index contributed by atoms with van der Waals surface area (Å²) in [6.07, 6.45) is 0. The smallest absolute Gasteiger partial charge is 0.243 e. The summed E-state index contributed by atoms with van der Waals surface area (Å²) in [5.74, 6) is 0.0844. The van der Waals surface area contributed by atoms with Crippen molar-refractivity contribution >= 4 is 43.5 Å². The van der Waals surface area contributed by atoms with Crippen LogP contribution >= 0.6 is 0 Å². The third kappa shape index (κ3) is 3.85. The first-order valence-electron chi connectivity index (χ1n) is 8.95. The summed E-state index contributed by atoms with van der Waals surface area (Å²) in [5.41, 5.74) is 1.77. The maximum absolute atomic E-state index is 12.9. The average Bonchev–Trinajstić information content (AvgIpc) is 3.06. The van der Waals surface area contributed by atoms with Crippen LogP contribution in [0, 0.1) is 6.92 Å². The summed E-state index contributed by atoms with van der Waals surface area (Å²) >= 11 is 0. The number of carbonyl (C=O) groups is 1. The molecule has 3 aromatic carbocycles. The first kappa shape index (κ1) is 19.1. The van der Waals surface area contributed by atoms with Gasteiger partial charge in [-0.25, -0.2) is 13.4 Å². The van der Waals surface area contributed by atoms with Crippen molar-refractivity contribution in [1.82, 2.24) is 9.29 Å². The van der Waals surface area contributed by atoms with Crippen LogP contribution < -0.4 is 5.32 Å². The minimum Gasteiger partial charge on any atom is -0.441 e. The third-order valence-electron chi connectivity index (χ3n) is 4.57. The minimum atomic E-state index is -3.80. The van der Waals surface area contributed by atoms with Crippen molar-refractivity contribution in [2.24, 2.45) is 0 Å². The number of oxazole rings is 1. The predicted molar refractivity (Wildman–Crippen MR) is 111 cm³/mol. The van der Waals surface area contributed by atoms with Crippen molar-refractivity contribution in [3.63, 3.8) is 0 Å². The van der Waals surface area contributed by atoms with Crippen LogP contribution in [-0.2, 0) is 14.8 Å². The van der Waals surface area contributed by atoms with E-state index in [9.17, 15) is 13.2 Å². The van der Waals surface area contributed by atoms with Crippen molar-refractivity contribution < 1.29 is 17.6 Å². The van der Waals surface area contributed by atoms with E-state index in [1.807, 2.05) is 24.3 Å². The number of anilines is 1. The predicted octanol–water partition coefficient (Wildman–Crippen LogP) is 3.55. The van der Waals surface area contributed by atoms with Crippen LogP contribution in [0.1, 0.15) is 5.89 Å². The second-order valence-corrected chi connectivity index (χ2v) is 8.78. The number of hydrogen-bond acceptors (Lipinski definition) is 5. The molecule has 0 saturated heterocycles. The van der Waals surface area contributed by atoms with Gasteiger partial charge in [-0.15, -0.1) is 0 Å². The molecule has 0 aliphatic rings. The number of rotatable bonds is 5. The summed E-state index contributed by atoms with van der Waals surface area (Å²) in [5, 5.41) is 4.47. The van der Waals surface area contributed by atoms with Gasteiger partial charge in [0.1, 0.15) is 5.52 Å². The molecule has 0 unspecified atom stereocenters. The molecule has 0 saturated carbocycles. The molecule has 1 N–H and O–H groups in total. The summed E-state index contributed by atoms with van der Waals surface area (Å²) in [7, 11) is -2.42. The zero-order valence-electron chi connectivity index (χ0n) is 15.9. The standard InChI is InChI=1S/C21H19N3O4S/c1-14-22-19-12-17(8-10-20(19)28-14)23-21(25)13-24(2)29(26,27)18-9-7-15-5-3-4-6-16(15)11-18/h3-12H,13H2,1-2H3,(H,23,25). The minimum absolute atomic E-state index is 0.144. The lowest BCUT2D eigenvalue weighted by Gasteiger charge is -2.17. The number of carbonyl (C=O) groups excluding carboxylic acids is 1. The van der Waals surface area contributed by atoms with E-state index in [2.05, 4.69) is 10.3 Å². The van der Waals surface area contributed by atoms with Gasteiger partial charge >= 0.3 is 0 Å². The molecule has 0 atom stereocenters. The van der Waals surface area contributed by atoms with Gasteiger partial charge in [-0.05, 0) is 41.1 Å². The molecule has 0 aliphatic carbocycles. The first-order chi connectivity index (χ1) is 13.8. The molecule has 1 amide bonds. The Morgan fingerprint density at radius 1 is 1.07 bits per heavy atom. The number of amides is 1. The van der Waals surface area contributed by atoms with E-state index in [-0.39, 0.29) is 11.4 Å². The van der Waals surface area contributed by atoms with Crippen LogP contribution in [-0.4, -0.2) is 37.2 Å². The Hall–Kier alpha value is -3.23. The van der Waals surface area contributed by atoms with Gasteiger partial charge in [-0.1, -0.05) is 30.3 Å². The maximum atomic E-state index is 12.9. The Balaban J connectivity index is 1.50. The molecule has 0 fully saturated rings. The fraction of sp³-hybridized carbons (Fsp3) is 0.143. The summed E-state index contributed by atoms with van der Waals surface area (Å²) in [6.45, 7) is 1.43. The fourth-order valence-corrected chi connectivity index (χ4v) is 4.28. The largest absolute Gasteiger partial charge is 0.441 e. The zero-order valence-corrected chi connectivity index (χ0v) is 16.7. The van der Waals surface area contributed by atoms with Crippen molar-refractivity contribution in [3.05, 3.63) is 66.6 Å². The van der Waals surface area contributed by atoms with Gasteiger partial charge in [0.2, 0.25) is 15.9 Å². The molecule has 0 bridgehead atoms. The lowest BCUT2D eigenvalue weighted by molar-refractivity contribution is -0.116. The first-order valence-corrected chi connectivity index (χ1v) is 10.4. The number of benzene rings is 3. The second kappa shape index (κ2) is 7.31. The lowest BCUT2D eigenvalue weighted by Crippen LogP contribution is -2.34. The molecule has 0 spiro atoms. The van der Waals surface area contributed by atoms with E-state index in [4.69, 9.17) is 4.42 Å². The van der Waals surface area contributed by atoms with E-state index in [1.54, 1.807) is 43.3 Å². The molecule has 4 rings (SSSR count). The van der Waals surface area contributed by atoms with Crippen LogP contribution in [0.4, 0.5) is 5.69 Å². The Labute approximate surface area is 168 Å². The van der Waals surface area contributed by atoms with Crippen LogP contribution in [0.25, 0.3) is 21.9 Å². The average molecular weight is 409 g/mol. The number of nitrogens with one attached hydrogen (secondary N) is 1. The lowest BCUT2D eigenvalue weighted by atomic mass is 10.1. The Morgan fingerprint density at radius 2 is 1.83 bits per heavy atom.